The average molecular weight is 608 g/mol. The molecule has 7 aromatic rings. The molecule has 0 amide bonds. The van der Waals surface area contributed by atoms with Gasteiger partial charge in [0.05, 0.1) is 0 Å². The zero-order valence-electron chi connectivity index (χ0n) is 26.8. The van der Waals surface area contributed by atoms with E-state index in [1.807, 2.05) is 60.7 Å². The van der Waals surface area contributed by atoms with E-state index in [-0.39, 0.29) is 5.41 Å². The van der Waals surface area contributed by atoms with Crippen LogP contribution < -0.4 is 0 Å². The van der Waals surface area contributed by atoms with Crippen molar-refractivity contribution in [2.24, 2.45) is 0 Å². The van der Waals surface area contributed by atoms with Crippen LogP contribution in [0.4, 0.5) is 0 Å². The molecule has 3 heteroatoms. The van der Waals surface area contributed by atoms with Gasteiger partial charge in [0.25, 0.3) is 0 Å². The van der Waals surface area contributed by atoms with Gasteiger partial charge in [-0.2, -0.15) is 0 Å². The summed E-state index contributed by atoms with van der Waals surface area (Å²) >= 11 is 0. The summed E-state index contributed by atoms with van der Waals surface area (Å²) in [7, 11) is 0. The van der Waals surface area contributed by atoms with Crippen molar-refractivity contribution in [1.29, 1.82) is 0 Å². The summed E-state index contributed by atoms with van der Waals surface area (Å²) in [4.78, 5) is 14.7. The zero-order chi connectivity index (χ0) is 32.1. The van der Waals surface area contributed by atoms with Crippen molar-refractivity contribution in [3.63, 3.8) is 0 Å². The number of hydrogen-bond donors (Lipinski definition) is 0. The maximum atomic E-state index is 4.93. The van der Waals surface area contributed by atoms with Crippen LogP contribution in [-0.4, -0.2) is 15.0 Å². The highest BCUT2D eigenvalue weighted by atomic mass is 15.0. The average Bonchev–Trinajstić information content (AvgIpc) is 3.17. The van der Waals surface area contributed by atoms with Gasteiger partial charge < -0.3 is 0 Å². The number of hydrogen-bond acceptors (Lipinski definition) is 3. The van der Waals surface area contributed by atoms with Crippen LogP contribution in [-0.2, 0) is 5.41 Å². The van der Waals surface area contributed by atoms with Crippen molar-refractivity contribution in [2.75, 3.05) is 0 Å². The van der Waals surface area contributed by atoms with Gasteiger partial charge in [-0.15, -0.1) is 0 Å². The molecule has 0 saturated carbocycles. The van der Waals surface area contributed by atoms with Gasteiger partial charge in [0.2, 0.25) is 0 Å². The van der Waals surface area contributed by atoms with Gasteiger partial charge in [-0.05, 0) is 46.2 Å². The molecule has 1 aromatic heterocycles. The van der Waals surface area contributed by atoms with Crippen molar-refractivity contribution >= 4 is 0 Å². The first kappa shape index (κ1) is 30.0. The summed E-state index contributed by atoms with van der Waals surface area (Å²) in [5, 5.41) is 0. The van der Waals surface area contributed by atoms with E-state index in [9.17, 15) is 0 Å². The van der Waals surface area contributed by atoms with Crippen LogP contribution in [0, 0.1) is 0 Å². The van der Waals surface area contributed by atoms with E-state index in [0.29, 0.717) is 17.5 Å². The SMILES string of the molecule is CCC(CC)(c1ccc(-c2ccc(-c3ccccc3)cc2)cc1)c1ccc(-c2nc(-c3ccccc3)nc(-c3ccccc3)n2)cc1. The molecule has 0 aliphatic rings. The van der Waals surface area contributed by atoms with Gasteiger partial charge in [-0.25, -0.2) is 15.0 Å². The fourth-order valence-corrected chi connectivity index (χ4v) is 6.58. The van der Waals surface area contributed by atoms with Gasteiger partial charge in [-0.1, -0.05) is 178 Å². The van der Waals surface area contributed by atoms with Crippen molar-refractivity contribution in [1.82, 2.24) is 15.0 Å². The summed E-state index contributed by atoms with van der Waals surface area (Å²) in [6, 6.07) is 57.6. The minimum Gasteiger partial charge on any atom is -0.208 e. The second kappa shape index (κ2) is 13.4. The number of nitrogens with zero attached hydrogens (tertiary/aromatic N) is 3. The Morgan fingerprint density at radius 2 is 0.574 bits per heavy atom. The van der Waals surface area contributed by atoms with E-state index in [4.69, 9.17) is 15.0 Å². The number of benzene rings is 6. The Balaban J connectivity index is 1.19. The lowest BCUT2D eigenvalue weighted by Gasteiger charge is -2.33. The quantitative estimate of drug-likeness (QED) is 0.164. The van der Waals surface area contributed by atoms with Crippen LogP contribution in [0.15, 0.2) is 164 Å². The highest BCUT2D eigenvalue weighted by Crippen LogP contribution is 2.40. The maximum absolute atomic E-state index is 4.93. The molecular weight excluding hydrogens is 571 g/mol. The number of rotatable bonds is 9. The topological polar surface area (TPSA) is 38.7 Å². The molecule has 1 heterocycles. The fraction of sp³-hybridized carbons (Fsp3) is 0.114. The standard InChI is InChI=1S/C44H37N3/c1-3-44(4-2,39-28-24-35(25-29-39)34-22-20-33(21-23-34)32-14-8-5-9-15-32)40-30-26-38(27-31-40)43-46-41(36-16-10-6-11-17-36)45-42(47-43)37-18-12-7-13-19-37/h5-31H,3-4H2,1-2H3. The Hall–Kier alpha value is -5.67. The maximum Gasteiger partial charge on any atom is 0.164 e. The molecule has 7 rings (SSSR count). The summed E-state index contributed by atoms with van der Waals surface area (Å²) in [5.41, 5.74) is 10.4. The van der Waals surface area contributed by atoms with E-state index in [2.05, 4.69) is 117 Å². The lowest BCUT2D eigenvalue weighted by molar-refractivity contribution is 0.478. The molecule has 0 N–H and O–H groups in total. The highest BCUT2D eigenvalue weighted by Gasteiger charge is 2.30. The van der Waals surface area contributed by atoms with Crippen LogP contribution in [0.2, 0.25) is 0 Å². The van der Waals surface area contributed by atoms with E-state index in [0.717, 1.165) is 29.5 Å². The zero-order valence-corrected chi connectivity index (χ0v) is 26.8. The van der Waals surface area contributed by atoms with E-state index in [1.165, 1.54) is 33.4 Å². The molecule has 0 radical (unpaired) electrons. The molecule has 0 saturated heterocycles. The molecule has 0 aliphatic heterocycles. The first-order valence-electron chi connectivity index (χ1n) is 16.4. The molecule has 47 heavy (non-hydrogen) atoms. The predicted octanol–water partition coefficient (Wildman–Crippen LogP) is 11.3. The van der Waals surface area contributed by atoms with Crippen LogP contribution in [0.25, 0.3) is 56.4 Å². The molecule has 0 aliphatic carbocycles. The van der Waals surface area contributed by atoms with Crippen molar-refractivity contribution in [2.45, 2.75) is 32.1 Å². The Labute approximate surface area is 277 Å². The van der Waals surface area contributed by atoms with Gasteiger partial charge in [0, 0.05) is 22.1 Å². The molecule has 0 spiro atoms. The van der Waals surface area contributed by atoms with Crippen LogP contribution in [0.1, 0.15) is 37.8 Å². The van der Waals surface area contributed by atoms with Gasteiger partial charge in [-0.3, -0.25) is 0 Å². The van der Waals surface area contributed by atoms with E-state index >= 15 is 0 Å². The minimum absolute atomic E-state index is 0.0995. The molecular formula is C44H37N3. The molecule has 0 atom stereocenters. The Bertz CT molecular complexity index is 1990. The van der Waals surface area contributed by atoms with E-state index < -0.39 is 0 Å². The van der Waals surface area contributed by atoms with Gasteiger partial charge >= 0.3 is 0 Å². The molecule has 0 bridgehead atoms. The molecule has 6 aromatic carbocycles. The Kier molecular flexibility index (Phi) is 8.53. The fourth-order valence-electron chi connectivity index (χ4n) is 6.58. The van der Waals surface area contributed by atoms with Gasteiger partial charge in [0.15, 0.2) is 17.5 Å². The van der Waals surface area contributed by atoms with Crippen LogP contribution in [0.3, 0.4) is 0 Å². The second-order valence-electron chi connectivity index (χ2n) is 11.9. The number of aromatic nitrogens is 3. The lowest BCUT2D eigenvalue weighted by atomic mass is 9.70. The van der Waals surface area contributed by atoms with E-state index in [1.54, 1.807) is 0 Å². The molecule has 228 valence electrons. The summed E-state index contributed by atoms with van der Waals surface area (Å²) in [6.45, 7) is 4.58. The molecule has 0 unspecified atom stereocenters. The van der Waals surface area contributed by atoms with Crippen molar-refractivity contribution < 1.29 is 0 Å². The minimum atomic E-state index is -0.0995. The summed E-state index contributed by atoms with van der Waals surface area (Å²) in [5.74, 6) is 2.01. The third-order valence-corrected chi connectivity index (χ3v) is 9.37. The second-order valence-corrected chi connectivity index (χ2v) is 11.9. The monoisotopic (exact) mass is 607 g/mol. The van der Waals surface area contributed by atoms with Crippen molar-refractivity contribution in [3.05, 3.63) is 175 Å². The Morgan fingerprint density at radius 3 is 0.915 bits per heavy atom. The Morgan fingerprint density at radius 1 is 0.319 bits per heavy atom. The van der Waals surface area contributed by atoms with Crippen LogP contribution in [0.5, 0.6) is 0 Å². The smallest absolute Gasteiger partial charge is 0.164 e. The van der Waals surface area contributed by atoms with Crippen molar-refractivity contribution in [3.8, 4) is 56.4 Å². The molecule has 0 fully saturated rings. The highest BCUT2D eigenvalue weighted by molar-refractivity contribution is 5.71. The summed E-state index contributed by atoms with van der Waals surface area (Å²) < 4.78 is 0. The first-order valence-corrected chi connectivity index (χ1v) is 16.4. The third-order valence-electron chi connectivity index (χ3n) is 9.37. The van der Waals surface area contributed by atoms with Gasteiger partial charge in [0.1, 0.15) is 0 Å². The first-order chi connectivity index (χ1) is 23.2. The summed E-state index contributed by atoms with van der Waals surface area (Å²) in [6.07, 6.45) is 1.99. The molecule has 3 nitrogen and oxygen atoms in total. The van der Waals surface area contributed by atoms with Crippen LogP contribution >= 0.6 is 0 Å². The third kappa shape index (κ3) is 6.13. The normalized spacial score (nSPS) is 11.4. The largest absolute Gasteiger partial charge is 0.208 e. The lowest BCUT2D eigenvalue weighted by Crippen LogP contribution is -2.26. The predicted molar refractivity (Wildman–Crippen MR) is 195 cm³/mol.